The van der Waals surface area contributed by atoms with Crippen molar-refractivity contribution in [1.82, 2.24) is 0 Å². The number of carbonyl (C=O) groups is 1. The minimum atomic E-state index is -0.921. The van der Waals surface area contributed by atoms with Gasteiger partial charge in [-0.2, -0.15) is 0 Å². The molecule has 80 valence electrons. The molecule has 0 aromatic carbocycles. The van der Waals surface area contributed by atoms with E-state index >= 15 is 0 Å². The Kier molecular flexibility index (Phi) is 4.62. The van der Waals surface area contributed by atoms with Gasteiger partial charge in [-0.3, -0.25) is 0 Å². The maximum absolute atomic E-state index is 10.3. The minimum absolute atomic E-state index is 0.392. The van der Waals surface area contributed by atoms with Crippen LogP contribution in [-0.4, -0.2) is 37.5 Å². The molecule has 0 amide bonds. The first kappa shape index (κ1) is 11.2. The van der Waals surface area contributed by atoms with Crippen LogP contribution in [0.25, 0.3) is 0 Å². The zero-order valence-electron chi connectivity index (χ0n) is 8.36. The van der Waals surface area contributed by atoms with Gasteiger partial charge in [-0.15, -0.1) is 0 Å². The molecule has 1 aliphatic rings. The van der Waals surface area contributed by atoms with Crippen molar-refractivity contribution >= 4 is 5.97 Å². The number of carboxylic acids is 1. The molecule has 0 spiro atoms. The molecular weight excluding hydrogens is 184 g/mol. The van der Waals surface area contributed by atoms with Crippen LogP contribution >= 0.6 is 0 Å². The summed E-state index contributed by atoms with van der Waals surface area (Å²) >= 11 is 0. The quantitative estimate of drug-likeness (QED) is 0.674. The minimum Gasteiger partial charge on any atom is -0.478 e. The molecule has 4 heteroatoms. The second-order valence-electron chi connectivity index (χ2n) is 3.57. The maximum Gasteiger partial charge on any atom is 0.328 e. The van der Waals surface area contributed by atoms with Crippen molar-refractivity contribution in [2.24, 2.45) is 5.92 Å². The number of hydrogen-bond acceptors (Lipinski definition) is 3. The SMILES string of the molecule is CC(=CC(=O)O)COCC1CCOC1. The van der Waals surface area contributed by atoms with Crippen molar-refractivity contribution in [3.8, 4) is 0 Å². The molecular formula is C10H16O4. The van der Waals surface area contributed by atoms with E-state index in [1.165, 1.54) is 6.08 Å². The molecule has 0 aliphatic carbocycles. The molecule has 14 heavy (non-hydrogen) atoms. The molecule has 1 fully saturated rings. The van der Waals surface area contributed by atoms with E-state index in [1.54, 1.807) is 6.92 Å². The van der Waals surface area contributed by atoms with E-state index in [0.717, 1.165) is 25.2 Å². The van der Waals surface area contributed by atoms with Crippen molar-refractivity contribution in [2.75, 3.05) is 26.4 Å². The number of aliphatic carboxylic acids is 1. The first-order valence-electron chi connectivity index (χ1n) is 4.74. The van der Waals surface area contributed by atoms with Crippen LogP contribution in [0, 0.1) is 5.92 Å². The summed E-state index contributed by atoms with van der Waals surface area (Å²) in [7, 11) is 0. The van der Waals surface area contributed by atoms with Gasteiger partial charge in [0, 0.05) is 18.6 Å². The van der Waals surface area contributed by atoms with Gasteiger partial charge in [0.2, 0.25) is 0 Å². The molecule has 1 rings (SSSR count). The average Bonchev–Trinajstić information content (AvgIpc) is 2.55. The summed E-state index contributed by atoms with van der Waals surface area (Å²) in [5.74, 6) is -0.442. The highest BCUT2D eigenvalue weighted by atomic mass is 16.5. The highest BCUT2D eigenvalue weighted by molar-refractivity contribution is 5.80. The molecule has 1 heterocycles. The Morgan fingerprint density at radius 2 is 2.50 bits per heavy atom. The largest absolute Gasteiger partial charge is 0.478 e. The summed E-state index contributed by atoms with van der Waals surface area (Å²) in [6.45, 7) is 4.38. The highest BCUT2D eigenvalue weighted by Crippen LogP contribution is 2.12. The summed E-state index contributed by atoms with van der Waals surface area (Å²) in [6.07, 6.45) is 2.22. The number of rotatable bonds is 5. The first-order valence-corrected chi connectivity index (χ1v) is 4.74. The van der Waals surface area contributed by atoms with Crippen LogP contribution in [0.4, 0.5) is 0 Å². The topological polar surface area (TPSA) is 55.8 Å². The Balaban J connectivity index is 2.11. The molecule has 1 atom stereocenters. The standard InChI is InChI=1S/C10H16O4/c1-8(4-10(11)12)5-14-7-9-2-3-13-6-9/h4,9H,2-3,5-7H2,1H3,(H,11,12). The molecule has 0 radical (unpaired) electrons. The lowest BCUT2D eigenvalue weighted by Crippen LogP contribution is -2.10. The van der Waals surface area contributed by atoms with Gasteiger partial charge in [0.25, 0.3) is 0 Å². The predicted molar refractivity (Wildman–Crippen MR) is 51.1 cm³/mol. The van der Waals surface area contributed by atoms with Crippen molar-refractivity contribution < 1.29 is 19.4 Å². The second-order valence-corrected chi connectivity index (χ2v) is 3.57. The van der Waals surface area contributed by atoms with Gasteiger partial charge in [-0.05, 0) is 18.9 Å². The summed E-state index contributed by atoms with van der Waals surface area (Å²) in [5, 5.41) is 8.44. The molecule has 1 unspecified atom stereocenters. The van der Waals surface area contributed by atoms with Crippen molar-refractivity contribution in [2.45, 2.75) is 13.3 Å². The highest BCUT2D eigenvalue weighted by Gasteiger charge is 2.15. The fourth-order valence-electron chi connectivity index (χ4n) is 1.35. The Labute approximate surface area is 83.5 Å². The van der Waals surface area contributed by atoms with Gasteiger partial charge in [-0.25, -0.2) is 4.79 Å². The maximum atomic E-state index is 10.3. The molecule has 1 saturated heterocycles. The Morgan fingerprint density at radius 3 is 3.07 bits per heavy atom. The molecule has 1 N–H and O–H groups in total. The fourth-order valence-corrected chi connectivity index (χ4v) is 1.35. The third kappa shape index (κ3) is 4.39. The van der Waals surface area contributed by atoms with E-state index in [0.29, 0.717) is 19.1 Å². The van der Waals surface area contributed by atoms with Gasteiger partial charge < -0.3 is 14.6 Å². The fraction of sp³-hybridized carbons (Fsp3) is 0.700. The number of carboxylic acid groups (broad SMARTS) is 1. The van der Waals surface area contributed by atoms with E-state index in [9.17, 15) is 4.79 Å². The van der Waals surface area contributed by atoms with E-state index in [4.69, 9.17) is 14.6 Å². The lowest BCUT2D eigenvalue weighted by molar-refractivity contribution is -0.131. The summed E-state index contributed by atoms with van der Waals surface area (Å²) in [4.78, 5) is 10.3. The second kappa shape index (κ2) is 5.78. The summed E-state index contributed by atoms with van der Waals surface area (Å²) in [5.41, 5.74) is 0.733. The molecule has 0 aromatic heterocycles. The van der Waals surface area contributed by atoms with Crippen molar-refractivity contribution in [3.05, 3.63) is 11.6 Å². The van der Waals surface area contributed by atoms with E-state index in [2.05, 4.69) is 0 Å². The van der Waals surface area contributed by atoms with Gasteiger partial charge in [0.05, 0.1) is 19.8 Å². The van der Waals surface area contributed by atoms with E-state index in [-0.39, 0.29) is 0 Å². The Hall–Kier alpha value is -0.870. The Bertz CT molecular complexity index is 216. The molecule has 1 aliphatic heterocycles. The monoisotopic (exact) mass is 200 g/mol. The lowest BCUT2D eigenvalue weighted by atomic mass is 10.1. The Morgan fingerprint density at radius 1 is 1.71 bits per heavy atom. The zero-order valence-corrected chi connectivity index (χ0v) is 8.36. The van der Waals surface area contributed by atoms with Crippen LogP contribution in [0.1, 0.15) is 13.3 Å². The van der Waals surface area contributed by atoms with Crippen LogP contribution in [-0.2, 0) is 14.3 Å². The van der Waals surface area contributed by atoms with E-state index in [1.807, 2.05) is 0 Å². The lowest BCUT2D eigenvalue weighted by Gasteiger charge is -2.08. The molecule has 4 nitrogen and oxygen atoms in total. The van der Waals surface area contributed by atoms with Crippen molar-refractivity contribution in [3.63, 3.8) is 0 Å². The van der Waals surface area contributed by atoms with Crippen LogP contribution in [0.15, 0.2) is 11.6 Å². The predicted octanol–water partition coefficient (Wildman–Crippen LogP) is 1.07. The number of ether oxygens (including phenoxy) is 2. The van der Waals surface area contributed by atoms with Crippen molar-refractivity contribution in [1.29, 1.82) is 0 Å². The third-order valence-electron chi connectivity index (χ3n) is 2.08. The van der Waals surface area contributed by atoms with Gasteiger partial charge in [0.15, 0.2) is 0 Å². The third-order valence-corrected chi connectivity index (χ3v) is 2.08. The molecule has 0 saturated carbocycles. The van der Waals surface area contributed by atoms with Crippen LogP contribution in [0.2, 0.25) is 0 Å². The molecule has 0 aromatic rings. The zero-order chi connectivity index (χ0) is 10.4. The van der Waals surface area contributed by atoms with Gasteiger partial charge in [0.1, 0.15) is 0 Å². The van der Waals surface area contributed by atoms with E-state index < -0.39 is 5.97 Å². The molecule has 0 bridgehead atoms. The van der Waals surface area contributed by atoms with Crippen LogP contribution in [0.5, 0.6) is 0 Å². The van der Waals surface area contributed by atoms with Crippen LogP contribution in [0.3, 0.4) is 0 Å². The number of hydrogen-bond donors (Lipinski definition) is 1. The smallest absolute Gasteiger partial charge is 0.328 e. The summed E-state index contributed by atoms with van der Waals surface area (Å²) in [6, 6.07) is 0. The first-order chi connectivity index (χ1) is 6.68. The van der Waals surface area contributed by atoms with Gasteiger partial charge in [-0.1, -0.05) is 0 Å². The van der Waals surface area contributed by atoms with Crippen LogP contribution < -0.4 is 0 Å². The van der Waals surface area contributed by atoms with Gasteiger partial charge >= 0.3 is 5.97 Å². The normalized spacial score (nSPS) is 22.6. The average molecular weight is 200 g/mol. The summed E-state index contributed by atoms with van der Waals surface area (Å²) < 4.78 is 10.6.